The summed E-state index contributed by atoms with van der Waals surface area (Å²) in [5.74, 6) is 1.23. The summed E-state index contributed by atoms with van der Waals surface area (Å²) in [6.45, 7) is 5.05. The number of nitrogens with two attached hydrogens (primary N) is 1. The van der Waals surface area contributed by atoms with Gasteiger partial charge in [-0.3, -0.25) is 4.99 Å². The van der Waals surface area contributed by atoms with Gasteiger partial charge in [0.25, 0.3) is 0 Å². The second kappa shape index (κ2) is 13.1. The van der Waals surface area contributed by atoms with E-state index in [1.807, 2.05) is 0 Å². The Hall–Kier alpha value is -0.320. The largest absolute Gasteiger partial charge is 0.374 e. The van der Waals surface area contributed by atoms with Gasteiger partial charge >= 0.3 is 0 Å². The van der Waals surface area contributed by atoms with Gasteiger partial charge in [-0.2, -0.15) is 0 Å². The Morgan fingerprint density at radius 3 is 2.67 bits per heavy atom. The fourth-order valence-electron chi connectivity index (χ4n) is 1.98. The first-order valence-electron chi connectivity index (χ1n) is 7.11. The van der Waals surface area contributed by atoms with Crippen LogP contribution in [0.15, 0.2) is 4.99 Å². The molecule has 1 aliphatic rings. The average molecular weight is 277 g/mol. The molecule has 0 amide bonds. The minimum atomic E-state index is 0. The van der Waals surface area contributed by atoms with Crippen LogP contribution in [-0.4, -0.2) is 38.6 Å². The van der Waals surface area contributed by atoms with Crippen molar-refractivity contribution in [2.45, 2.75) is 44.9 Å². The molecule has 0 unspecified atom stereocenters. The molecule has 5 heteroatoms. The van der Waals surface area contributed by atoms with Crippen molar-refractivity contribution in [1.82, 2.24) is 10.6 Å². The molecule has 18 heavy (non-hydrogen) atoms. The molecule has 0 atom stereocenters. The summed E-state index contributed by atoms with van der Waals surface area (Å²) >= 11 is 0. The second-order valence-electron chi connectivity index (χ2n) is 4.67. The number of hydrogen-bond donors (Lipinski definition) is 3. The third kappa shape index (κ3) is 9.68. The third-order valence-corrected chi connectivity index (χ3v) is 3.04. The SMILES string of the molecule is Cl.NCCCCNCCCNC1=NCCCCC1. The van der Waals surface area contributed by atoms with Crippen LogP contribution in [0.2, 0.25) is 0 Å². The average Bonchev–Trinajstić information content (AvgIpc) is 2.61. The van der Waals surface area contributed by atoms with Gasteiger partial charge in [0, 0.05) is 19.5 Å². The summed E-state index contributed by atoms with van der Waals surface area (Å²) in [5, 5.41) is 6.89. The van der Waals surface area contributed by atoms with E-state index in [1.165, 1.54) is 37.9 Å². The number of nitrogens with zero attached hydrogens (tertiary/aromatic N) is 1. The van der Waals surface area contributed by atoms with Crippen molar-refractivity contribution in [1.29, 1.82) is 0 Å². The molecule has 0 aromatic carbocycles. The highest BCUT2D eigenvalue weighted by Crippen LogP contribution is 2.05. The normalized spacial score (nSPS) is 15.5. The lowest BCUT2D eigenvalue weighted by atomic mass is 10.2. The minimum Gasteiger partial charge on any atom is -0.374 e. The Labute approximate surface area is 118 Å². The fraction of sp³-hybridized carbons (Fsp3) is 0.923. The number of rotatable bonds is 8. The molecule has 0 bridgehead atoms. The summed E-state index contributed by atoms with van der Waals surface area (Å²) in [6, 6.07) is 0. The molecular weight excluding hydrogens is 248 g/mol. The zero-order valence-electron chi connectivity index (χ0n) is 11.4. The van der Waals surface area contributed by atoms with Crippen molar-refractivity contribution in [3.8, 4) is 0 Å². The van der Waals surface area contributed by atoms with Crippen LogP contribution < -0.4 is 16.4 Å². The van der Waals surface area contributed by atoms with E-state index < -0.39 is 0 Å². The lowest BCUT2D eigenvalue weighted by molar-refractivity contribution is 0.601. The highest BCUT2D eigenvalue weighted by atomic mass is 35.5. The molecule has 0 saturated carbocycles. The van der Waals surface area contributed by atoms with Gasteiger partial charge in [0.1, 0.15) is 0 Å². The molecular formula is C13H29ClN4. The van der Waals surface area contributed by atoms with Gasteiger partial charge in [-0.1, -0.05) is 6.42 Å². The van der Waals surface area contributed by atoms with E-state index in [-0.39, 0.29) is 12.4 Å². The summed E-state index contributed by atoms with van der Waals surface area (Å²) in [7, 11) is 0. The van der Waals surface area contributed by atoms with E-state index in [0.717, 1.165) is 45.6 Å². The Morgan fingerprint density at radius 2 is 1.83 bits per heavy atom. The Kier molecular flexibility index (Phi) is 12.9. The van der Waals surface area contributed by atoms with Crippen LogP contribution in [0.3, 0.4) is 0 Å². The van der Waals surface area contributed by atoms with E-state index >= 15 is 0 Å². The Balaban J connectivity index is 0.00000289. The number of hydrogen-bond acceptors (Lipinski definition) is 4. The summed E-state index contributed by atoms with van der Waals surface area (Å²) < 4.78 is 0. The summed E-state index contributed by atoms with van der Waals surface area (Å²) in [5.41, 5.74) is 5.44. The number of amidine groups is 1. The number of unbranched alkanes of at least 4 members (excludes halogenated alkanes) is 1. The van der Waals surface area contributed by atoms with Crippen molar-refractivity contribution in [2.24, 2.45) is 10.7 Å². The number of nitrogens with one attached hydrogen (secondary N) is 2. The van der Waals surface area contributed by atoms with Crippen LogP contribution in [0.4, 0.5) is 0 Å². The molecule has 0 aromatic heterocycles. The van der Waals surface area contributed by atoms with Crippen molar-refractivity contribution in [3.05, 3.63) is 0 Å². The molecule has 0 fully saturated rings. The van der Waals surface area contributed by atoms with Crippen LogP contribution in [0.25, 0.3) is 0 Å². The predicted octanol–water partition coefficient (Wildman–Crippen LogP) is 1.69. The standard InChI is InChI=1S/C13H28N4.ClH/c14-8-3-5-9-15-10-6-12-17-13-7-2-1-4-11-16-13;/h15H,1-12,14H2,(H,16,17);1H. The monoisotopic (exact) mass is 276 g/mol. The van der Waals surface area contributed by atoms with E-state index in [2.05, 4.69) is 15.6 Å². The van der Waals surface area contributed by atoms with Crippen molar-refractivity contribution in [2.75, 3.05) is 32.7 Å². The molecule has 0 spiro atoms. The highest BCUT2D eigenvalue weighted by molar-refractivity contribution is 5.85. The molecule has 108 valence electrons. The Bertz CT molecular complexity index is 209. The topological polar surface area (TPSA) is 62.4 Å². The lowest BCUT2D eigenvalue weighted by Gasteiger charge is -2.08. The van der Waals surface area contributed by atoms with Crippen LogP contribution in [0, 0.1) is 0 Å². The second-order valence-corrected chi connectivity index (χ2v) is 4.67. The molecule has 0 aliphatic carbocycles. The third-order valence-electron chi connectivity index (χ3n) is 3.04. The van der Waals surface area contributed by atoms with Gasteiger partial charge in [-0.05, 0) is 51.7 Å². The quantitative estimate of drug-likeness (QED) is 0.591. The maximum atomic E-state index is 5.44. The van der Waals surface area contributed by atoms with Crippen molar-refractivity contribution in [3.63, 3.8) is 0 Å². The first-order valence-corrected chi connectivity index (χ1v) is 7.11. The fourth-order valence-corrected chi connectivity index (χ4v) is 1.98. The van der Waals surface area contributed by atoms with Crippen LogP contribution >= 0.6 is 12.4 Å². The zero-order valence-corrected chi connectivity index (χ0v) is 12.2. The zero-order chi connectivity index (χ0) is 12.2. The molecule has 0 saturated heterocycles. The van der Waals surface area contributed by atoms with Crippen LogP contribution in [-0.2, 0) is 0 Å². The molecule has 0 aromatic rings. The lowest BCUT2D eigenvalue weighted by Crippen LogP contribution is -2.27. The van der Waals surface area contributed by atoms with Crippen molar-refractivity contribution < 1.29 is 0 Å². The van der Waals surface area contributed by atoms with E-state index in [4.69, 9.17) is 5.73 Å². The molecule has 1 aliphatic heterocycles. The van der Waals surface area contributed by atoms with Crippen LogP contribution in [0.1, 0.15) is 44.9 Å². The summed E-state index contributed by atoms with van der Waals surface area (Å²) in [4.78, 5) is 4.55. The van der Waals surface area contributed by atoms with E-state index in [9.17, 15) is 0 Å². The highest BCUT2D eigenvalue weighted by Gasteiger charge is 2.02. The molecule has 0 radical (unpaired) electrons. The van der Waals surface area contributed by atoms with E-state index in [1.54, 1.807) is 0 Å². The molecule has 1 rings (SSSR count). The van der Waals surface area contributed by atoms with Gasteiger partial charge in [-0.15, -0.1) is 12.4 Å². The molecule has 1 heterocycles. The maximum absolute atomic E-state index is 5.44. The number of aliphatic imine (C=N–C) groups is 1. The van der Waals surface area contributed by atoms with E-state index in [0.29, 0.717) is 0 Å². The van der Waals surface area contributed by atoms with Gasteiger partial charge in [0.15, 0.2) is 0 Å². The molecule has 4 N–H and O–H groups in total. The van der Waals surface area contributed by atoms with Gasteiger partial charge < -0.3 is 16.4 Å². The number of halogens is 1. The summed E-state index contributed by atoms with van der Waals surface area (Å²) in [6.07, 6.45) is 8.51. The van der Waals surface area contributed by atoms with Gasteiger partial charge in [0.05, 0.1) is 5.84 Å². The van der Waals surface area contributed by atoms with Crippen LogP contribution in [0.5, 0.6) is 0 Å². The minimum absolute atomic E-state index is 0. The molecule has 4 nitrogen and oxygen atoms in total. The van der Waals surface area contributed by atoms with Gasteiger partial charge in [-0.25, -0.2) is 0 Å². The smallest absolute Gasteiger partial charge is 0.0963 e. The first kappa shape index (κ1) is 17.7. The maximum Gasteiger partial charge on any atom is 0.0963 e. The predicted molar refractivity (Wildman–Crippen MR) is 81.8 cm³/mol. The Morgan fingerprint density at radius 1 is 1.00 bits per heavy atom. The van der Waals surface area contributed by atoms with Gasteiger partial charge in [0.2, 0.25) is 0 Å². The van der Waals surface area contributed by atoms with Crippen molar-refractivity contribution >= 4 is 18.2 Å². The first-order chi connectivity index (χ1) is 8.43.